The maximum Gasteiger partial charge on any atom is 0.305 e. The summed E-state index contributed by atoms with van der Waals surface area (Å²) < 4.78 is 37.9. The summed E-state index contributed by atoms with van der Waals surface area (Å²) in [6.45, 7) is 6.35. The van der Waals surface area contributed by atoms with Crippen LogP contribution < -0.4 is 20.2 Å². The highest BCUT2D eigenvalue weighted by Gasteiger charge is 2.49. The first-order valence-electron chi connectivity index (χ1n) is 16.6. The van der Waals surface area contributed by atoms with Crippen molar-refractivity contribution >= 4 is 67.2 Å². The highest BCUT2D eigenvalue weighted by molar-refractivity contribution is 9.10. The first-order chi connectivity index (χ1) is 24.4. The van der Waals surface area contributed by atoms with Gasteiger partial charge in [-0.3, -0.25) is 18.6 Å². The summed E-state index contributed by atoms with van der Waals surface area (Å²) in [5.74, 6) is -0.553. The molecule has 3 aromatic carbocycles. The molecule has 51 heavy (non-hydrogen) atoms. The molecule has 0 saturated heterocycles. The van der Waals surface area contributed by atoms with E-state index >= 15 is 0 Å². The highest BCUT2D eigenvalue weighted by Crippen LogP contribution is 2.44. The molecule has 0 N–H and O–H groups in total. The fourth-order valence-electron chi connectivity index (χ4n) is 7.13. The van der Waals surface area contributed by atoms with Crippen molar-refractivity contribution in [2.24, 2.45) is 5.92 Å². The molecule has 2 aliphatic carbocycles. The van der Waals surface area contributed by atoms with Gasteiger partial charge in [0.05, 0.1) is 30.9 Å². The Labute approximate surface area is 303 Å². The zero-order valence-electron chi connectivity index (χ0n) is 28.3. The number of hydrogen-bond donors (Lipinski definition) is 0. The van der Waals surface area contributed by atoms with Crippen molar-refractivity contribution in [3.8, 4) is 11.1 Å². The molecule has 13 heteroatoms. The Bertz CT molecular complexity index is 2350. The molecule has 1 aromatic heterocycles. The lowest BCUT2D eigenvalue weighted by Crippen LogP contribution is -2.59. The number of nitrogens with zero attached hydrogens (tertiary/aromatic N) is 4. The summed E-state index contributed by atoms with van der Waals surface area (Å²) in [6, 6.07) is 15.4. The molecule has 2 heterocycles. The zero-order valence-corrected chi connectivity index (χ0v) is 30.7. The van der Waals surface area contributed by atoms with Crippen LogP contribution in [0.2, 0.25) is 0 Å². The summed E-state index contributed by atoms with van der Waals surface area (Å²) >= 11 is 3.38. The van der Waals surface area contributed by atoms with Crippen molar-refractivity contribution in [1.29, 1.82) is 0 Å². The van der Waals surface area contributed by atoms with Crippen molar-refractivity contribution in [3.63, 3.8) is 0 Å². The number of ketones is 2. The van der Waals surface area contributed by atoms with Gasteiger partial charge in [-0.15, -0.1) is 0 Å². The van der Waals surface area contributed by atoms with Crippen LogP contribution in [-0.2, 0) is 40.8 Å². The van der Waals surface area contributed by atoms with E-state index in [1.807, 2.05) is 54.8 Å². The molecule has 4 aromatic rings. The number of fused-ring (bicyclic) bond motifs is 6. The van der Waals surface area contributed by atoms with Gasteiger partial charge in [0.1, 0.15) is 24.2 Å². The Morgan fingerprint density at radius 2 is 1.86 bits per heavy atom. The number of rotatable bonds is 10. The van der Waals surface area contributed by atoms with Gasteiger partial charge in [-0.05, 0) is 76.4 Å². The fraction of sp³-hybridized carbons (Fsp3) is 0.289. The summed E-state index contributed by atoms with van der Waals surface area (Å²) in [6.07, 6.45) is 7.60. The summed E-state index contributed by atoms with van der Waals surface area (Å²) in [5.41, 5.74) is 2.54. The normalized spacial score (nSPS) is 19.0. The van der Waals surface area contributed by atoms with E-state index in [0.29, 0.717) is 48.2 Å². The smallest absolute Gasteiger partial charge is 0.305 e. The van der Waals surface area contributed by atoms with Crippen LogP contribution in [-0.4, -0.2) is 55.7 Å². The highest BCUT2D eigenvalue weighted by atomic mass is 79.9. The van der Waals surface area contributed by atoms with Crippen molar-refractivity contribution in [2.45, 2.75) is 50.7 Å². The minimum atomic E-state index is -4.17. The Morgan fingerprint density at radius 3 is 2.65 bits per heavy atom. The van der Waals surface area contributed by atoms with E-state index in [-0.39, 0.29) is 41.2 Å². The second-order valence-corrected chi connectivity index (χ2v) is 15.5. The molecule has 0 bridgehead atoms. The second kappa shape index (κ2) is 13.4. The maximum atomic E-state index is 14.3. The minimum absolute atomic E-state index is 0.0315. The number of anilines is 2. The van der Waals surface area contributed by atoms with E-state index in [0.717, 1.165) is 26.5 Å². The van der Waals surface area contributed by atoms with Crippen LogP contribution in [0, 0.1) is 5.92 Å². The summed E-state index contributed by atoms with van der Waals surface area (Å²) in [5, 5.41) is 1.43. The van der Waals surface area contributed by atoms with E-state index in [9.17, 15) is 22.8 Å². The van der Waals surface area contributed by atoms with Crippen LogP contribution in [0.25, 0.3) is 23.3 Å². The van der Waals surface area contributed by atoms with E-state index in [1.165, 1.54) is 24.5 Å². The lowest BCUT2D eigenvalue weighted by Gasteiger charge is -2.42. The maximum absolute atomic E-state index is 14.3. The molecule has 0 radical (unpaired) electrons. The third kappa shape index (κ3) is 6.17. The molecule has 3 aliphatic rings. The van der Waals surface area contributed by atoms with Gasteiger partial charge in [0.25, 0.3) is 10.1 Å². The Morgan fingerprint density at radius 1 is 1.06 bits per heavy atom. The van der Waals surface area contributed by atoms with Crippen LogP contribution in [0.1, 0.15) is 55.1 Å². The number of halogens is 1. The zero-order chi connectivity index (χ0) is 36.1. The molecule has 0 amide bonds. The summed E-state index contributed by atoms with van der Waals surface area (Å²) in [4.78, 5) is 52.7. The molecule has 0 fully saturated rings. The van der Waals surface area contributed by atoms with E-state index < -0.39 is 21.6 Å². The Kier molecular flexibility index (Phi) is 9.15. The van der Waals surface area contributed by atoms with Crippen LogP contribution >= 0.6 is 15.9 Å². The van der Waals surface area contributed by atoms with Crippen molar-refractivity contribution < 1.29 is 31.7 Å². The molecule has 1 aliphatic heterocycles. The predicted molar refractivity (Wildman–Crippen MR) is 195 cm³/mol. The average molecular weight is 772 g/mol. The molecule has 0 saturated carbocycles. The second-order valence-electron chi connectivity index (χ2n) is 13.0. The average Bonchev–Trinajstić information content (AvgIpc) is 3.49. The number of benzene rings is 3. The van der Waals surface area contributed by atoms with Crippen LogP contribution in [0.15, 0.2) is 76.5 Å². The molecular weight excluding hydrogens is 736 g/mol. The number of aromatic nitrogens is 2. The van der Waals surface area contributed by atoms with Crippen molar-refractivity contribution in [3.05, 3.63) is 98.7 Å². The number of ether oxygens (including phenoxy) is 1. The number of Topliss-reactive ketones (excluding diaryl/α,β-unsaturated/α-hetero) is 2. The SMILES string of the molecule is CCCC(=O)OCCN1CN(C2(C)C(=O)C(C)C=c3c2ccc2c3=CC(=O)c3cc(S(=O)(=O)OCc4cccc(Br)c4)ccc3-2)c2ncncc21. The lowest BCUT2D eigenvalue weighted by molar-refractivity contribution is -0.143. The largest absolute Gasteiger partial charge is 0.464 e. The van der Waals surface area contributed by atoms with Gasteiger partial charge in [0.15, 0.2) is 17.4 Å². The Balaban J connectivity index is 1.23. The van der Waals surface area contributed by atoms with Crippen LogP contribution in [0.5, 0.6) is 0 Å². The molecule has 2 atom stereocenters. The first kappa shape index (κ1) is 34.7. The number of hydrogen-bond acceptors (Lipinski definition) is 11. The van der Waals surface area contributed by atoms with Gasteiger partial charge in [-0.1, -0.05) is 66.2 Å². The summed E-state index contributed by atoms with van der Waals surface area (Å²) in [7, 11) is -4.17. The first-order valence-corrected chi connectivity index (χ1v) is 18.8. The Hall–Kier alpha value is -4.72. The van der Waals surface area contributed by atoms with Gasteiger partial charge in [0.2, 0.25) is 0 Å². The molecule has 2 unspecified atom stereocenters. The fourth-order valence-corrected chi connectivity index (χ4v) is 8.50. The van der Waals surface area contributed by atoms with Gasteiger partial charge in [0, 0.05) is 22.4 Å². The minimum Gasteiger partial charge on any atom is -0.464 e. The number of carbonyl (C=O) groups is 3. The molecule has 0 spiro atoms. The van der Waals surface area contributed by atoms with E-state index in [1.54, 1.807) is 30.5 Å². The van der Waals surface area contributed by atoms with Gasteiger partial charge < -0.3 is 14.5 Å². The molecule has 11 nitrogen and oxygen atoms in total. The van der Waals surface area contributed by atoms with Crippen molar-refractivity contribution in [1.82, 2.24) is 9.97 Å². The quantitative estimate of drug-likeness (QED) is 0.165. The molecular formula is C38H35BrN4O7S. The van der Waals surface area contributed by atoms with Gasteiger partial charge in [-0.2, -0.15) is 8.42 Å². The lowest BCUT2D eigenvalue weighted by atomic mass is 9.73. The van der Waals surface area contributed by atoms with Crippen LogP contribution in [0.3, 0.4) is 0 Å². The topological polar surface area (TPSA) is 136 Å². The monoisotopic (exact) mass is 770 g/mol. The third-order valence-corrected chi connectivity index (χ3v) is 11.5. The molecule has 7 rings (SSSR count). The van der Waals surface area contributed by atoms with Gasteiger partial charge in [-0.25, -0.2) is 9.97 Å². The third-order valence-electron chi connectivity index (χ3n) is 9.70. The predicted octanol–water partition coefficient (Wildman–Crippen LogP) is 4.63. The number of esters is 1. The number of carbonyl (C=O) groups excluding carboxylic acids is 3. The van der Waals surface area contributed by atoms with Crippen LogP contribution in [0.4, 0.5) is 11.5 Å². The standard InChI is InChI=1S/C38H35BrN4O7S/c1-4-6-35(45)49-14-13-42-22-43(37-33(42)19-40-21-41-37)38(3)32-12-11-27-28-10-9-26(51(47,48)50-20-24-7-5-8-25(39)16-24)17-31(28)34(44)18-29(27)30(32)15-23(2)36(38)46/h5,7-12,15-19,21,23H,4,6,13-14,20,22H2,1-3H3. The van der Waals surface area contributed by atoms with Gasteiger partial charge >= 0.3 is 5.97 Å². The van der Waals surface area contributed by atoms with E-state index in [4.69, 9.17) is 8.92 Å². The van der Waals surface area contributed by atoms with E-state index in [2.05, 4.69) is 25.9 Å². The molecule has 262 valence electrons. The van der Waals surface area contributed by atoms with Crippen molar-refractivity contribution in [2.75, 3.05) is 29.6 Å².